The summed E-state index contributed by atoms with van der Waals surface area (Å²) in [7, 11) is 0. The molecular weight excluding hydrogens is 228 g/mol. The average Bonchev–Trinajstić information content (AvgIpc) is 2.85. The molecule has 1 atom stereocenters. The van der Waals surface area contributed by atoms with E-state index in [2.05, 4.69) is 16.8 Å². The number of nitrogens with zero attached hydrogens (tertiary/aromatic N) is 2. The van der Waals surface area contributed by atoms with E-state index in [1.165, 1.54) is 12.8 Å². The zero-order valence-corrected chi connectivity index (χ0v) is 10.5. The molecule has 0 bridgehead atoms. The van der Waals surface area contributed by atoms with Crippen LogP contribution in [0.3, 0.4) is 0 Å². The fourth-order valence-electron chi connectivity index (χ4n) is 2.22. The molecule has 1 aromatic heterocycles. The second-order valence-electron chi connectivity index (χ2n) is 4.63. The molecule has 2 heterocycles. The predicted octanol–water partition coefficient (Wildman–Crippen LogP) is 2.42. The summed E-state index contributed by atoms with van der Waals surface area (Å²) >= 11 is 0. The lowest BCUT2D eigenvalue weighted by Gasteiger charge is -2.17. The highest BCUT2D eigenvalue weighted by Gasteiger charge is 2.21. The van der Waals surface area contributed by atoms with E-state index in [0.29, 0.717) is 0 Å². The molecule has 1 N–H and O–H groups in total. The quantitative estimate of drug-likeness (QED) is 0.829. The normalized spacial score (nSPS) is 19.6. The Balaban J connectivity index is 2.02. The summed E-state index contributed by atoms with van der Waals surface area (Å²) in [6.45, 7) is 4.37. The molecular formula is C14H18N2O2. The van der Waals surface area contributed by atoms with Crippen LogP contribution in [0.2, 0.25) is 0 Å². The van der Waals surface area contributed by atoms with Gasteiger partial charge in [0, 0.05) is 25.4 Å². The van der Waals surface area contributed by atoms with Crippen molar-refractivity contribution >= 4 is 17.9 Å². The molecule has 0 aromatic carbocycles. The molecule has 1 aliphatic rings. The smallest absolute Gasteiger partial charge is 0.328 e. The molecule has 1 unspecified atom stereocenters. The average molecular weight is 246 g/mol. The van der Waals surface area contributed by atoms with Crippen molar-refractivity contribution in [2.45, 2.75) is 19.8 Å². The lowest BCUT2D eigenvalue weighted by molar-refractivity contribution is -0.131. The van der Waals surface area contributed by atoms with Crippen LogP contribution >= 0.6 is 0 Å². The number of carbonyl (C=O) groups is 1. The fraction of sp³-hybridized carbons (Fsp3) is 0.429. The van der Waals surface area contributed by atoms with Crippen LogP contribution < -0.4 is 4.90 Å². The first-order valence-electron chi connectivity index (χ1n) is 6.31. The van der Waals surface area contributed by atoms with Crippen LogP contribution in [0.1, 0.15) is 25.3 Å². The zero-order valence-electron chi connectivity index (χ0n) is 10.5. The van der Waals surface area contributed by atoms with E-state index in [4.69, 9.17) is 5.11 Å². The number of anilines is 1. The third kappa shape index (κ3) is 3.09. The standard InChI is InChI=1S/C14H18N2O2/c1-2-11-7-8-16(10-11)13-5-3-12(9-15-13)4-6-14(17)18/h3-6,9,11H,2,7-8,10H2,1H3,(H,17,18)/b6-4+. The topological polar surface area (TPSA) is 53.4 Å². The first kappa shape index (κ1) is 12.6. The largest absolute Gasteiger partial charge is 0.478 e. The Hall–Kier alpha value is -1.84. The van der Waals surface area contributed by atoms with Crippen molar-refractivity contribution in [1.82, 2.24) is 4.98 Å². The fourth-order valence-corrected chi connectivity index (χ4v) is 2.22. The van der Waals surface area contributed by atoms with Gasteiger partial charge in [0.2, 0.25) is 0 Å². The van der Waals surface area contributed by atoms with Crippen molar-refractivity contribution in [2.24, 2.45) is 5.92 Å². The third-order valence-corrected chi connectivity index (χ3v) is 3.38. The Morgan fingerprint density at radius 1 is 1.61 bits per heavy atom. The minimum absolute atomic E-state index is 0.776. The predicted molar refractivity (Wildman–Crippen MR) is 71.5 cm³/mol. The summed E-state index contributed by atoms with van der Waals surface area (Å²) in [5, 5.41) is 8.54. The number of carboxylic acid groups (broad SMARTS) is 1. The molecule has 0 amide bonds. The molecule has 0 saturated carbocycles. The van der Waals surface area contributed by atoms with E-state index < -0.39 is 5.97 Å². The van der Waals surface area contributed by atoms with Gasteiger partial charge in [-0.1, -0.05) is 13.3 Å². The molecule has 4 heteroatoms. The minimum atomic E-state index is -0.940. The number of pyridine rings is 1. The Morgan fingerprint density at radius 2 is 2.44 bits per heavy atom. The number of rotatable bonds is 4. The van der Waals surface area contributed by atoms with Gasteiger partial charge in [0.05, 0.1) is 0 Å². The van der Waals surface area contributed by atoms with Gasteiger partial charge in [-0.3, -0.25) is 0 Å². The van der Waals surface area contributed by atoms with Gasteiger partial charge >= 0.3 is 5.97 Å². The first-order valence-corrected chi connectivity index (χ1v) is 6.31. The van der Waals surface area contributed by atoms with E-state index in [1.807, 2.05) is 12.1 Å². The van der Waals surface area contributed by atoms with E-state index in [1.54, 1.807) is 12.3 Å². The molecule has 96 valence electrons. The second kappa shape index (κ2) is 5.67. The van der Waals surface area contributed by atoms with Crippen molar-refractivity contribution in [1.29, 1.82) is 0 Å². The number of hydrogen-bond acceptors (Lipinski definition) is 3. The monoisotopic (exact) mass is 246 g/mol. The van der Waals surface area contributed by atoms with Gasteiger partial charge in [-0.25, -0.2) is 9.78 Å². The lowest BCUT2D eigenvalue weighted by Crippen LogP contribution is -2.20. The number of hydrogen-bond donors (Lipinski definition) is 1. The van der Waals surface area contributed by atoms with E-state index in [-0.39, 0.29) is 0 Å². The summed E-state index contributed by atoms with van der Waals surface area (Å²) in [5.74, 6) is 0.821. The molecule has 0 spiro atoms. The molecule has 1 saturated heterocycles. The van der Waals surface area contributed by atoms with Crippen molar-refractivity contribution in [3.8, 4) is 0 Å². The SMILES string of the molecule is CCC1CCN(c2ccc(/C=C/C(=O)O)cn2)C1. The summed E-state index contributed by atoms with van der Waals surface area (Å²) in [6.07, 6.45) is 6.85. The van der Waals surface area contributed by atoms with Crippen molar-refractivity contribution in [3.63, 3.8) is 0 Å². The van der Waals surface area contributed by atoms with Gasteiger partial charge in [0.25, 0.3) is 0 Å². The highest BCUT2D eigenvalue weighted by Crippen LogP contribution is 2.24. The third-order valence-electron chi connectivity index (χ3n) is 3.38. The van der Waals surface area contributed by atoms with Crippen molar-refractivity contribution in [3.05, 3.63) is 30.0 Å². The Bertz CT molecular complexity index is 440. The zero-order chi connectivity index (χ0) is 13.0. The summed E-state index contributed by atoms with van der Waals surface area (Å²) in [6, 6.07) is 3.86. The minimum Gasteiger partial charge on any atom is -0.478 e. The number of carboxylic acids is 1. The molecule has 1 aliphatic heterocycles. The maximum atomic E-state index is 10.4. The van der Waals surface area contributed by atoms with Gasteiger partial charge in [-0.05, 0) is 36.1 Å². The molecule has 1 aromatic rings. The Kier molecular flexibility index (Phi) is 3.97. The molecule has 2 rings (SSSR count). The van der Waals surface area contributed by atoms with Crippen LogP contribution in [0.25, 0.3) is 6.08 Å². The van der Waals surface area contributed by atoms with E-state index in [9.17, 15) is 4.79 Å². The van der Waals surface area contributed by atoms with Crippen LogP contribution in [-0.2, 0) is 4.79 Å². The highest BCUT2D eigenvalue weighted by molar-refractivity contribution is 5.85. The van der Waals surface area contributed by atoms with Crippen LogP contribution in [-0.4, -0.2) is 29.1 Å². The van der Waals surface area contributed by atoms with Crippen LogP contribution in [0.15, 0.2) is 24.4 Å². The molecule has 18 heavy (non-hydrogen) atoms. The van der Waals surface area contributed by atoms with Crippen molar-refractivity contribution in [2.75, 3.05) is 18.0 Å². The number of aliphatic carboxylic acids is 1. The molecule has 4 nitrogen and oxygen atoms in total. The summed E-state index contributed by atoms with van der Waals surface area (Å²) in [5.41, 5.74) is 0.812. The van der Waals surface area contributed by atoms with Gasteiger partial charge in [-0.15, -0.1) is 0 Å². The Morgan fingerprint density at radius 3 is 3.00 bits per heavy atom. The van der Waals surface area contributed by atoms with Crippen LogP contribution in [0, 0.1) is 5.92 Å². The molecule has 0 radical (unpaired) electrons. The second-order valence-corrected chi connectivity index (χ2v) is 4.63. The summed E-state index contributed by atoms with van der Waals surface area (Å²) in [4.78, 5) is 17.1. The molecule has 1 fully saturated rings. The number of aromatic nitrogens is 1. The highest BCUT2D eigenvalue weighted by atomic mass is 16.4. The van der Waals surface area contributed by atoms with Gasteiger partial charge in [-0.2, -0.15) is 0 Å². The lowest BCUT2D eigenvalue weighted by atomic mass is 10.1. The van der Waals surface area contributed by atoms with Crippen LogP contribution in [0.4, 0.5) is 5.82 Å². The first-order chi connectivity index (χ1) is 8.69. The van der Waals surface area contributed by atoms with Gasteiger partial charge in [0.1, 0.15) is 5.82 Å². The summed E-state index contributed by atoms with van der Waals surface area (Å²) < 4.78 is 0. The van der Waals surface area contributed by atoms with Crippen molar-refractivity contribution < 1.29 is 9.90 Å². The maximum absolute atomic E-state index is 10.4. The van der Waals surface area contributed by atoms with Gasteiger partial charge < -0.3 is 10.0 Å². The van der Waals surface area contributed by atoms with E-state index in [0.717, 1.165) is 36.5 Å². The van der Waals surface area contributed by atoms with Gasteiger partial charge in [0.15, 0.2) is 0 Å². The Labute approximate surface area is 107 Å². The van der Waals surface area contributed by atoms with E-state index >= 15 is 0 Å². The molecule has 0 aliphatic carbocycles. The van der Waals surface area contributed by atoms with Crippen LogP contribution in [0.5, 0.6) is 0 Å². The maximum Gasteiger partial charge on any atom is 0.328 e.